The Morgan fingerprint density at radius 1 is 1.47 bits per heavy atom. The molecule has 15 heavy (non-hydrogen) atoms. The molecule has 0 aliphatic carbocycles. The summed E-state index contributed by atoms with van der Waals surface area (Å²) in [5.74, 6) is 0. The number of nitrogens with two attached hydrogens (primary N) is 1. The predicted molar refractivity (Wildman–Crippen MR) is 65.1 cm³/mol. The van der Waals surface area contributed by atoms with Crippen LogP contribution in [0.1, 0.15) is 25.5 Å². The number of hydrogen-bond acceptors (Lipinski definition) is 3. The molecule has 4 heteroatoms. The Bertz CT molecular complexity index is 468. The molecule has 3 nitrogen and oxygen atoms in total. The van der Waals surface area contributed by atoms with Gasteiger partial charge < -0.3 is 5.73 Å². The van der Waals surface area contributed by atoms with E-state index in [1.54, 1.807) is 11.3 Å². The van der Waals surface area contributed by atoms with Gasteiger partial charge in [-0.3, -0.25) is 4.68 Å². The average molecular weight is 221 g/mol. The van der Waals surface area contributed by atoms with Gasteiger partial charge >= 0.3 is 0 Å². The summed E-state index contributed by atoms with van der Waals surface area (Å²) < 4.78 is 1.91. The maximum absolute atomic E-state index is 5.96. The molecule has 2 N–H and O–H groups in total. The lowest BCUT2D eigenvalue weighted by atomic mass is 10.2. The molecule has 0 spiro atoms. The lowest BCUT2D eigenvalue weighted by Crippen LogP contribution is -2.00. The van der Waals surface area contributed by atoms with Crippen molar-refractivity contribution in [2.75, 3.05) is 5.73 Å². The van der Waals surface area contributed by atoms with E-state index in [2.05, 4.69) is 37.3 Å². The predicted octanol–water partition coefficient (Wildman–Crippen LogP) is 3.08. The van der Waals surface area contributed by atoms with Crippen LogP contribution < -0.4 is 5.73 Å². The normalized spacial score (nSPS) is 11.2. The molecule has 0 bridgehead atoms. The highest BCUT2D eigenvalue weighted by atomic mass is 32.1. The SMILES string of the molecule is Cc1ccsc1-c1nn(C(C)C)cc1N. The van der Waals surface area contributed by atoms with Gasteiger partial charge in [-0.15, -0.1) is 11.3 Å². The number of thiophene rings is 1. The van der Waals surface area contributed by atoms with Gasteiger partial charge in [-0.2, -0.15) is 5.10 Å². The monoisotopic (exact) mass is 221 g/mol. The number of nitrogen functional groups attached to an aromatic ring is 1. The zero-order valence-corrected chi connectivity index (χ0v) is 10.0. The van der Waals surface area contributed by atoms with Gasteiger partial charge in [0.25, 0.3) is 0 Å². The van der Waals surface area contributed by atoms with Gasteiger partial charge in [0.2, 0.25) is 0 Å². The molecular weight excluding hydrogens is 206 g/mol. The molecule has 0 aliphatic heterocycles. The van der Waals surface area contributed by atoms with E-state index in [9.17, 15) is 0 Å². The molecule has 2 rings (SSSR count). The van der Waals surface area contributed by atoms with Crippen LogP contribution in [0.2, 0.25) is 0 Å². The largest absolute Gasteiger partial charge is 0.396 e. The molecule has 2 heterocycles. The first-order chi connectivity index (χ1) is 7.09. The topological polar surface area (TPSA) is 43.8 Å². The molecule has 0 fully saturated rings. The number of rotatable bonds is 2. The van der Waals surface area contributed by atoms with Gasteiger partial charge in [-0.05, 0) is 37.8 Å². The van der Waals surface area contributed by atoms with Crippen molar-refractivity contribution in [1.82, 2.24) is 9.78 Å². The van der Waals surface area contributed by atoms with E-state index in [1.807, 2.05) is 10.9 Å². The van der Waals surface area contributed by atoms with E-state index in [0.29, 0.717) is 6.04 Å². The van der Waals surface area contributed by atoms with E-state index in [0.717, 1.165) is 11.4 Å². The molecule has 0 radical (unpaired) electrons. The van der Waals surface area contributed by atoms with Crippen molar-refractivity contribution in [3.05, 3.63) is 23.2 Å². The van der Waals surface area contributed by atoms with Crippen LogP contribution in [0, 0.1) is 6.92 Å². The highest BCUT2D eigenvalue weighted by Crippen LogP contribution is 2.32. The van der Waals surface area contributed by atoms with Gasteiger partial charge in [0.15, 0.2) is 0 Å². The molecule has 2 aromatic heterocycles. The molecule has 0 amide bonds. The van der Waals surface area contributed by atoms with Crippen LogP contribution in [0.5, 0.6) is 0 Å². The maximum Gasteiger partial charge on any atom is 0.125 e. The first-order valence-corrected chi connectivity index (χ1v) is 5.86. The molecule has 0 aliphatic rings. The molecular formula is C11H15N3S. The Balaban J connectivity index is 2.50. The fourth-order valence-electron chi connectivity index (χ4n) is 1.46. The van der Waals surface area contributed by atoms with Crippen LogP contribution in [-0.4, -0.2) is 9.78 Å². The van der Waals surface area contributed by atoms with Crippen molar-refractivity contribution in [1.29, 1.82) is 0 Å². The van der Waals surface area contributed by atoms with Crippen molar-refractivity contribution >= 4 is 17.0 Å². The summed E-state index contributed by atoms with van der Waals surface area (Å²) in [7, 11) is 0. The molecule has 0 saturated carbocycles. The number of hydrogen-bond donors (Lipinski definition) is 1. The Labute approximate surface area is 93.5 Å². The van der Waals surface area contributed by atoms with Crippen LogP contribution in [0.4, 0.5) is 5.69 Å². The first-order valence-electron chi connectivity index (χ1n) is 4.98. The van der Waals surface area contributed by atoms with Crippen LogP contribution in [0.3, 0.4) is 0 Å². The second kappa shape index (κ2) is 3.70. The maximum atomic E-state index is 5.96. The Morgan fingerprint density at radius 2 is 2.20 bits per heavy atom. The van der Waals surface area contributed by atoms with Gasteiger partial charge in [0.05, 0.1) is 10.6 Å². The Kier molecular flexibility index (Phi) is 2.52. The van der Waals surface area contributed by atoms with Crippen molar-refractivity contribution in [3.8, 4) is 10.6 Å². The number of aromatic nitrogens is 2. The Hall–Kier alpha value is -1.29. The second-order valence-corrected chi connectivity index (χ2v) is 4.86. The first kappa shape index (κ1) is 10.2. The summed E-state index contributed by atoms with van der Waals surface area (Å²) in [6.07, 6.45) is 1.90. The molecule has 0 unspecified atom stereocenters. The lowest BCUT2D eigenvalue weighted by Gasteiger charge is -2.03. The van der Waals surface area contributed by atoms with Gasteiger partial charge in [-0.1, -0.05) is 0 Å². The van der Waals surface area contributed by atoms with Crippen molar-refractivity contribution < 1.29 is 0 Å². The minimum Gasteiger partial charge on any atom is -0.396 e. The standard InChI is InChI=1S/C11H15N3S/c1-7(2)14-6-9(12)10(13-14)11-8(3)4-5-15-11/h4-7H,12H2,1-3H3. The van der Waals surface area contributed by atoms with Gasteiger partial charge in [0, 0.05) is 12.2 Å². The minimum atomic E-state index is 0.348. The number of nitrogens with zero attached hydrogens (tertiary/aromatic N) is 2. The highest BCUT2D eigenvalue weighted by molar-refractivity contribution is 7.13. The van der Waals surface area contributed by atoms with Crippen LogP contribution >= 0.6 is 11.3 Å². The third-order valence-electron chi connectivity index (χ3n) is 2.37. The smallest absolute Gasteiger partial charge is 0.125 e. The third-order valence-corrected chi connectivity index (χ3v) is 3.39. The Morgan fingerprint density at radius 3 is 2.67 bits per heavy atom. The van der Waals surface area contributed by atoms with Crippen molar-refractivity contribution in [2.24, 2.45) is 0 Å². The zero-order chi connectivity index (χ0) is 11.0. The summed E-state index contributed by atoms with van der Waals surface area (Å²) in [4.78, 5) is 1.17. The van der Waals surface area contributed by atoms with Crippen LogP contribution in [0.15, 0.2) is 17.6 Å². The number of aryl methyl sites for hydroxylation is 1. The van der Waals surface area contributed by atoms with Crippen molar-refractivity contribution in [3.63, 3.8) is 0 Å². The van der Waals surface area contributed by atoms with E-state index in [4.69, 9.17) is 5.73 Å². The fraction of sp³-hybridized carbons (Fsp3) is 0.364. The lowest BCUT2D eigenvalue weighted by molar-refractivity contribution is 0.534. The molecule has 2 aromatic rings. The van der Waals surface area contributed by atoms with Crippen LogP contribution in [0.25, 0.3) is 10.6 Å². The van der Waals surface area contributed by atoms with E-state index in [-0.39, 0.29) is 0 Å². The van der Waals surface area contributed by atoms with Crippen molar-refractivity contribution in [2.45, 2.75) is 26.8 Å². The van der Waals surface area contributed by atoms with Gasteiger partial charge in [-0.25, -0.2) is 0 Å². The summed E-state index contributed by atoms with van der Waals surface area (Å²) in [5.41, 5.74) is 8.87. The molecule has 0 saturated heterocycles. The molecule has 0 atom stereocenters. The second-order valence-electron chi connectivity index (χ2n) is 3.94. The van der Waals surface area contributed by atoms with Crippen LogP contribution in [-0.2, 0) is 0 Å². The quantitative estimate of drug-likeness (QED) is 0.847. The van der Waals surface area contributed by atoms with E-state index >= 15 is 0 Å². The summed E-state index contributed by atoms with van der Waals surface area (Å²) in [5, 5.41) is 6.58. The van der Waals surface area contributed by atoms with E-state index in [1.165, 1.54) is 10.4 Å². The molecule has 0 aromatic carbocycles. The van der Waals surface area contributed by atoms with E-state index < -0.39 is 0 Å². The fourth-order valence-corrected chi connectivity index (χ4v) is 2.39. The summed E-state index contributed by atoms with van der Waals surface area (Å²) in [6, 6.07) is 2.44. The highest BCUT2D eigenvalue weighted by Gasteiger charge is 2.12. The minimum absolute atomic E-state index is 0.348. The average Bonchev–Trinajstić information content (AvgIpc) is 2.71. The van der Waals surface area contributed by atoms with Gasteiger partial charge in [0.1, 0.15) is 5.69 Å². The summed E-state index contributed by atoms with van der Waals surface area (Å²) >= 11 is 1.69. The zero-order valence-electron chi connectivity index (χ0n) is 9.19. The number of anilines is 1. The third kappa shape index (κ3) is 1.77. The molecule has 80 valence electrons. The summed E-state index contributed by atoms with van der Waals surface area (Å²) in [6.45, 7) is 6.27.